The zero-order valence-electron chi connectivity index (χ0n) is 20.1. The highest BCUT2D eigenvalue weighted by atomic mass is 32.1. The highest BCUT2D eigenvalue weighted by Gasteiger charge is 2.38. The topological polar surface area (TPSA) is 124 Å². The van der Waals surface area contributed by atoms with Gasteiger partial charge in [-0.05, 0) is 38.0 Å². The number of nitro benzene ring substituents is 1. The van der Waals surface area contributed by atoms with E-state index in [0.29, 0.717) is 49.5 Å². The summed E-state index contributed by atoms with van der Waals surface area (Å²) in [4.78, 5) is 33.8. The zero-order valence-corrected chi connectivity index (χ0v) is 20.9. The first-order chi connectivity index (χ1) is 18.1. The van der Waals surface area contributed by atoms with Gasteiger partial charge in [0.05, 0.1) is 23.0 Å². The lowest BCUT2D eigenvalue weighted by atomic mass is 9.97. The number of hydrogen-bond acceptors (Lipinski definition) is 10. The Morgan fingerprint density at radius 3 is 2.61 bits per heavy atom. The molecule has 0 atom stereocenters. The van der Waals surface area contributed by atoms with Gasteiger partial charge in [-0.2, -0.15) is 23.1 Å². The lowest BCUT2D eigenvalue weighted by Gasteiger charge is -2.30. The number of methoxy groups -OCH3 is 1. The summed E-state index contributed by atoms with van der Waals surface area (Å²) in [5, 5.41) is 15.6. The third-order valence-corrected chi connectivity index (χ3v) is 7.65. The van der Waals surface area contributed by atoms with Crippen molar-refractivity contribution >= 4 is 32.2 Å². The van der Waals surface area contributed by atoms with Crippen molar-refractivity contribution in [2.75, 3.05) is 25.1 Å². The molecule has 4 aromatic rings. The first-order valence-corrected chi connectivity index (χ1v) is 12.3. The Bertz CT molecular complexity index is 1590. The van der Waals surface area contributed by atoms with E-state index >= 15 is 0 Å². The maximum absolute atomic E-state index is 13.5. The molecular formula is C24H20F3N5O5S. The number of nitro groups is 1. The van der Waals surface area contributed by atoms with Crippen molar-refractivity contribution in [3.8, 4) is 17.1 Å². The van der Waals surface area contributed by atoms with E-state index in [1.807, 2.05) is 12.1 Å². The SMILES string of the molecule is COc1cccc(-c2noc(C3CCN(c4nc(=O)c5cc(C(F)(F)F)c(C)c([N+](=O)[O-])c5s4)CC3)n2)c1. The molecule has 198 valence electrons. The second-order valence-electron chi connectivity index (χ2n) is 8.78. The van der Waals surface area contributed by atoms with E-state index in [4.69, 9.17) is 9.26 Å². The molecule has 1 aliphatic heterocycles. The minimum atomic E-state index is -4.85. The van der Waals surface area contributed by atoms with Gasteiger partial charge in [0.2, 0.25) is 11.7 Å². The van der Waals surface area contributed by atoms with Gasteiger partial charge in [0.1, 0.15) is 10.4 Å². The minimum Gasteiger partial charge on any atom is -0.497 e. The van der Waals surface area contributed by atoms with Crippen LogP contribution in [0.5, 0.6) is 5.75 Å². The predicted molar refractivity (Wildman–Crippen MR) is 133 cm³/mol. The van der Waals surface area contributed by atoms with E-state index in [1.165, 1.54) is 0 Å². The molecule has 10 nitrogen and oxygen atoms in total. The molecule has 2 aromatic carbocycles. The number of anilines is 1. The smallest absolute Gasteiger partial charge is 0.416 e. The van der Waals surface area contributed by atoms with Gasteiger partial charge in [-0.15, -0.1) is 0 Å². The minimum absolute atomic E-state index is 0.0544. The number of hydrogen-bond donors (Lipinski definition) is 0. The molecule has 3 heterocycles. The first kappa shape index (κ1) is 25.6. The molecule has 0 amide bonds. The van der Waals surface area contributed by atoms with Crippen LogP contribution in [-0.2, 0) is 6.18 Å². The maximum atomic E-state index is 13.5. The molecule has 5 rings (SSSR count). The Hall–Kier alpha value is -4.07. The molecule has 0 radical (unpaired) electrons. The molecule has 0 unspecified atom stereocenters. The molecule has 0 spiro atoms. The lowest BCUT2D eigenvalue weighted by molar-refractivity contribution is -0.383. The average Bonchev–Trinajstić information content (AvgIpc) is 3.38. The Balaban J connectivity index is 1.40. The van der Waals surface area contributed by atoms with Gasteiger partial charge < -0.3 is 14.2 Å². The summed E-state index contributed by atoms with van der Waals surface area (Å²) in [6.07, 6.45) is -3.69. The van der Waals surface area contributed by atoms with Crippen molar-refractivity contribution in [2.24, 2.45) is 0 Å². The average molecular weight is 548 g/mol. The summed E-state index contributed by atoms with van der Waals surface area (Å²) in [6.45, 7) is 1.90. The second-order valence-corrected chi connectivity index (χ2v) is 9.76. The van der Waals surface area contributed by atoms with Crippen LogP contribution in [0.2, 0.25) is 0 Å². The quantitative estimate of drug-likeness (QED) is 0.241. The molecule has 0 saturated carbocycles. The monoisotopic (exact) mass is 547 g/mol. The van der Waals surface area contributed by atoms with Gasteiger partial charge in [0.15, 0.2) is 5.13 Å². The van der Waals surface area contributed by atoms with Crippen LogP contribution in [0.15, 0.2) is 39.6 Å². The van der Waals surface area contributed by atoms with Gasteiger partial charge in [-0.3, -0.25) is 14.9 Å². The molecule has 1 saturated heterocycles. The van der Waals surface area contributed by atoms with Crippen LogP contribution in [0.25, 0.3) is 21.5 Å². The number of halogens is 3. The van der Waals surface area contributed by atoms with Gasteiger partial charge in [0, 0.05) is 30.1 Å². The molecule has 2 aromatic heterocycles. The largest absolute Gasteiger partial charge is 0.497 e. The maximum Gasteiger partial charge on any atom is 0.416 e. The highest BCUT2D eigenvalue weighted by molar-refractivity contribution is 7.22. The molecule has 0 aliphatic carbocycles. The van der Waals surface area contributed by atoms with E-state index in [2.05, 4.69) is 15.1 Å². The third-order valence-electron chi connectivity index (χ3n) is 6.50. The number of aromatic nitrogens is 3. The number of benzene rings is 2. The summed E-state index contributed by atoms with van der Waals surface area (Å²) >= 11 is 0.840. The molecule has 1 fully saturated rings. The van der Waals surface area contributed by atoms with E-state index in [-0.39, 0.29) is 15.7 Å². The van der Waals surface area contributed by atoms with E-state index in [9.17, 15) is 28.1 Å². The summed E-state index contributed by atoms with van der Waals surface area (Å²) < 4.78 is 51.0. The summed E-state index contributed by atoms with van der Waals surface area (Å²) in [5.74, 6) is 1.50. The van der Waals surface area contributed by atoms with Crippen LogP contribution in [0, 0.1) is 17.0 Å². The van der Waals surface area contributed by atoms with Crippen LogP contribution < -0.4 is 15.2 Å². The van der Waals surface area contributed by atoms with Crippen molar-refractivity contribution in [1.29, 1.82) is 0 Å². The van der Waals surface area contributed by atoms with Crippen LogP contribution in [0.4, 0.5) is 24.0 Å². The van der Waals surface area contributed by atoms with Gasteiger partial charge in [-0.1, -0.05) is 28.6 Å². The molecule has 38 heavy (non-hydrogen) atoms. The summed E-state index contributed by atoms with van der Waals surface area (Å²) in [6, 6.07) is 7.91. The zero-order chi connectivity index (χ0) is 27.2. The fourth-order valence-electron chi connectivity index (χ4n) is 4.51. The summed E-state index contributed by atoms with van der Waals surface area (Å²) in [5.41, 5.74) is -2.68. The Morgan fingerprint density at radius 2 is 1.95 bits per heavy atom. The standard InChI is InChI=1S/C24H20F3N5O5S/c1-12-17(24(25,26)27)11-16-19(18(12)32(34)35)38-23(29-21(16)33)31-8-6-13(7-9-31)22-28-20(30-37-22)14-4-3-5-15(10-14)36-2/h3-5,10-11,13H,6-9H2,1-2H3. The number of ether oxygens (including phenoxy) is 1. The number of fused-ring (bicyclic) bond motifs is 1. The van der Waals surface area contributed by atoms with Crippen molar-refractivity contribution in [3.05, 3.63) is 67.8 Å². The van der Waals surface area contributed by atoms with Crippen molar-refractivity contribution in [1.82, 2.24) is 15.1 Å². The Morgan fingerprint density at radius 1 is 1.21 bits per heavy atom. The van der Waals surface area contributed by atoms with Gasteiger partial charge in [-0.25, -0.2) is 0 Å². The van der Waals surface area contributed by atoms with Crippen molar-refractivity contribution in [3.63, 3.8) is 0 Å². The van der Waals surface area contributed by atoms with Crippen molar-refractivity contribution in [2.45, 2.75) is 31.9 Å². The first-order valence-electron chi connectivity index (χ1n) is 11.5. The number of nitrogens with zero attached hydrogens (tertiary/aromatic N) is 5. The molecule has 14 heteroatoms. The lowest BCUT2D eigenvalue weighted by Crippen LogP contribution is -2.34. The van der Waals surface area contributed by atoms with Crippen molar-refractivity contribution < 1.29 is 27.4 Å². The van der Waals surface area contributed by atoms with Crippen LogP contribution in [0.1, 0.15) is 35.8 Å². The number of alkyl halides is 3. The van der Waals surface area contributed by atoms with Gasteiger partial charge in [0.25, 0.3) is 11.2 Å². The van der Waals surface area contributed by atoms with Crippen LogP contribution in [-0.4, -0.2) is 40.2 Å². The third kappa shape index (κ3) is 4.66. The van der Waals surface area contributed by atoms with Crippen LogP contribution >= 0.6 is 11.3 Å². The fraction of sp³-hybridized carbons (Fsp3) is 0.333. The number of piperidine rings is 1. The van der Waals surface area contributed by atoms with Crippen LogP contribution in [0.3, 0.4) is 0 Å². The van der Waals surface area contributed by atoms with E-state index in [1.54, 1.807) is 24.1 Å². The molecule has 0 N–H and O–H groups in total. The number of rotatable bonds is 5. The van der Waals surface area contributed by atoms with E-state index in [0.717, 1.165) is 23.8 Å². The Labute approximate surface area is 216 Å². The highest BCUT2D eigenvalue weighted by Crippen LogP contribution is 2.42. The molecule has 0 bridgehead atoms. The molecular weight excluding hydrogens is 527 g/mol. The predicted octanol–water partition coefficient (Wildman–Crippen LogP) is 5.33. The normalized spacial score (nSPS) is 14.7. The Kier molecular flexibility index (Phi) is 6.51. The summed E-state index contributed by atoms with van der Waals surface area (Å²) in [7, 11) is 1.56. The molecule has 1 aliphatic rings. The van der Waals surface area contributed by atoms with E-state index < -0.39 is 38.9 Å². The van der Waals surface area contributed by atoms with Gasteiger partial charge >= 0.3 is 6.18 Å². The fourth-order valence-corrected chi connectivity index (χ4v) is 5.72. The second kappa shape index (κ2) is 9.67.